The molecule has 1 amide bonds. The molecule has 1 unspecified atom stereocenters. The topological polar surface area (TPSA) is 75.6 Å². The summed E-state index contributed by atoms with van der Waals surface area (Å²) in [6.07, 6.45) is 0.185. The molecule has 1 aromatic rings. The van der Waals surface area contributed by atoms with E-state index in [-0.39, 0.29) is 25.2 Å². The van der Waals surface area contributed by atoms with Crippen LogP contribution in [0.2, 0.25) is 0 Å². The van der Waals surface area contributed by atoms with Crippen molar-refractivity contribution in [1.29, 1.82) is 0 Å². The third kappa shape index (κ3) is 2.93. The van der Waals surface area contributed by atoms with E-state index >= 15 is 0 Å². The standard InChI is InChI=1S/C12H11BrFNO4/c13-8-3-7(4-9(14)5-8)10(16)15-12(11(17)18)1-2-19-6-12/h3-5H,1-2,6H2,(H,15,16)(H,17,18). The monoisotopic (exact) mass is 331 g/mol. The number of rotatable bonds is 3. The molecule has 1 aliphatic heterocycles. The van der Waals surface area contributed by atoms with Crippen molar-refractivity contribution in [1.82, 2.24) is 5.32 Å². The second-order valence-corrected chi connectivity index (χ2v) is 5.22. The Morgan fingerprint density at radius 1 is 1.42 bits per heavy atom. The molecule has 7 heteroatoms. The molecule has 0 aromatic heterocycles. The van der Waals surface area contributed by atoms with Crippen LogP contribution in [0.4, 0.5) is 4.39 Å². The minimum Gasteiger partial charge on any atom is -0.479 e. The largest absolute Gasteiger partial charge is 0.479 e. The first-order valence-electron chi connectivity index (χ1n) is 5.53. The molecule has 1 heterocycles. The van der Waals surface area contributed by atoms with Crippen LogP contribution in [0.5, 0.6) is 0 Å². The lowest BCUT2D eigenvalue weighted by molar-refractivity contribution is -0.144. The molecule has 1 atom stereocenters. The number of carboxylic acid groups (broad SMARTS) is 1. The lowest BCUT2D eigenvalue weighted by Gasteiger charge is -2.23. The number of benzene rings is 1. The molecule has 19 heavy (non-hydrogen) atoms. The van der Waals surface area contributed by atoms with E-state index in [1.807, 2.05) is 0 Å². The number of aliphatic carboxylic acids is 1. The fraction of sp³-hybridized carbons (Fsp3) is 0.333. The fourth-order valence-corrected chi connectivity index (χ4v) is 2.33. The molecule has 0 spiro atoms. The molecule has 102 valence electrons. The number of carboxylic acids is 1. The average molecular weight is 332 g/mol. The van der Waals surface area contributed by atoms with Gasteiger partial charge in [0.15, 0.2) is 5.54 Å². The number of carbonyl (C=O) groups excluding carboxylic acids is 1. The van der Waals surface area contributed by atoms with Crippen LogP contribution < -0.4 is 5.32 Å². The maximum Gasteiger partial charge on any atom is 0.331 e. The van der Waals surface area contributed by atoms with Crippen molar-refractivity contribution >= 4 is 27.8 Å². The summed E-state index contributed by atoms with van der Waals surface area (Å²) in [4.78, 5) is 23.2. The van der Waals surface area contributed by atoms with Crippen molar-refractivity contribution in [2.75, 3.05) is 13.2 Å². The number of carbonyl (C=O) groups is 2. The van der Waals surface area contributed by atoms with Gasteiger partial charge >= 0.3 is 5.97 Å². The van der Waals surface area contributed by atoms with E-state index in [0.717, 1.165) is 6.07 Å². The molecule has 0 radical (unpaired) electrons. The number of hydrogen-bond donors (Lipinski definition) is 2. The minimum atomic E-state index is -1.43. The number of nitrogens with one attached hydrogen (secondary N) is 1. The van der Waals surface area contributed by atoms with E-state index < -0.39 is 23.2 Å². The first-order chi connectivity index (χ1) is 8.93. The maximum absolute atomic E-state index is 13.2. The van der Waals surface area contributed by atoms with Crippen LogP contribution in [0.3, 0.4) is 0 Å². The normalized spacial score (nSPS) is 22.2. The lowest BCUT2D eigenvalue weighted by atomic mass is 9.98. The molecular weight excluding hydrogens is 321 g/mol. The van der Waals surface area contributed by atoms with Crippen LogP contribution in [0.25, 0.3) is 0 Å². The Kier molecular flexibility index (Phi) is 3.86. The van der Waals surface area contributed by atoms with Crippen LogP contribution in [-0.4, -0.2) is 35.7 Å². The Balaban J connectivity index is 2.22. The third-order valence-electron chi connectivity index (χ3n) is 2.91. The number of hydrogen-bond acceptors (Lipinski definition) is 3. The van der Waals surface area contributed by atoms with Crippen LogP contribution in [-0.2, 0) is 9.53 Å². The smallest absolute Gasteiger partial charge is 0.331 e. The van der Waals surface area contributed by atoms with Gasteiger partial charge in [-0.05, 0) is 18.2 Å². The highest BCUT2D eigenvalue weighted by atomic mass is 79.9. The van der Waals surface area contributed by atoms with Gasteiger partial charge in [0.25, 0.3) is 5.91 Å². The van der Waals surface area contributed by atoms with Crippen molar-refractivity contribution in [3.63, 3.8) is 0 Å². The summed E-state index contributed by atoms with van der Waals surface area (Å²) in [5, 5.41) is 11.6. The van der Waals surface area contributed by atoms with Crippen LogP contribution >= 0.6 is 15.9 Å². The summed E-state index contributed by atoms with van der Waals surface area (Å²) in [5.74, 6) is -2.38. The Morgan fingerprint density at radius 2 is 2.16 bits per heavy atom. The van der Waals surface area contributed by atoms with Crippen molar-refractivity contribution in [2.24, 2.45) is 0 Å². The van der Waals surface area contributed by atoms with E-state index in [1.54, 1.807) is 0 Å². The SMILES string of the molecule is O=C(NC1(C(=O)O)CCOC1)c1cc(F)cc(Br)c1. The Hall–Kier alpha value is -1.47. The van der Waals surface area contributed by atoms with Gasteiger partial charge in [-0.2, -0.15) is 0 Å². The van der Waals surface area contributed by atoms with E-state index in [1.165, 1.54) is 12.1 Å². The summed E-state index contributed by atoms with van der Waals surface area (Å²) in [6, 6.07) is 3.68. The number of halogens is 2. The molecular formula is C12H11BrFNO4. The molecule has 2 rings (SSSR count). The maximum atomic E-state index is 13.2. The Bertz CT molecular complexity index is 508. The van der Waals surface area contributed by atoms with Gasteiger partial charge < -0.3 is 15.2 Å². The second kappa shape index (κ2) is 5.26. The number of ether oxygens (including phenoxy) is 1. The van der Waals surface area contributed by atoms with Gasteiger partial charge in [0, 0.05) is 23.1 Å². The predicted octanol–water partition coefficient (Wildman–Crippen LogP) is 1.56. The summed E-state index contributed by atoms with van der Waals surface area (Å²) in [6.45, 7) is 0.171. The molecule has 0 aliphatic carbocycles. The highest BCUT2D eigenvalue weighted by molar-refractivity contribution is 9.10. The van der Waals surface area contributed by atoms with Gasteiger partial charge in [-0.25, -0.2) is 9.18 Å². The van der Waals surface area contributed by atoms with E-state index in [4.69, 9.17) is 4.74 Å². The van der Waals surface area contributed by atoms with Crippen LogP contribution in [0.1, 0.15) is 16.8 Å². The second-order valence-electron chi connectivity index (χ2n) is 4.30. The zero-order valence-electron chi connectivity index (χ0n) is 9.78. The molecule has 1 fully saturated rings. The van der Waals surface area contributed by atoms with Gasteiger partial charge in [-0.3, -0.25) is 4.79 Å². The molecule has 0 saturated carbocycles. The van der Waals surface area contributed by atoms with E-state index in [2.05, 4.69) is 21.2 Å². The Labute approximate surface area is 116 Å². The highest BCUT2D eigenvalue weighted by Crippen LogP contribution is 2.21. The molecule has 0 bridgehead atoms. The van der Waals surface area contributed by atoms with Gasteiger partial charge in [-0.1, -0.05) is 15.9 Å². The van der Waals surface area contributed by atoms with Crippen molar-refractivity contribution in [3.05, 3.63) is 34.1 Å². The van der Waals surface area contributed by atoms with Gasteiger partial charge in [0.05, 0.1) is 6.61 Å². The zero-order chi connectivity index (χ0) is 14.0. The van der Waals surface area contributed by atoms with E-state index in [9.17, 15) is 19.1 Å². The molecule has 1 saturated heterocycles. The molecule has 1 aliphatic rings. The fourth-order valence-electron chi connectivity index (χ4n) is 1.86. The summed E-state index contributed by atoms with van der Waals surface area (Å²) in [7, 11) is 0. The first-order valence-corrected chi connectivity index (χ1v) is 6.32. The highest BCUT2D eigenvalue weighted by Gasteiger charge is 2.44. The summed E-state index contributed by atoms with van der Waals surface area (Å²) >= 11 is 3.08. The van der Waals surface area contributed by atoms with Crippen molar-refractivity contribution in [3.8, 4) is 0 Å². The third-order valence-corrected chi connectivity index (χ3v) is 3.37. The van der Waals surface area contributed by atoms with E-state index in [0.29, 0.717) is 4.47 Å². The molecule has 1 aromatic carbocycles. The first kappa shape index (κ1) is 14.0. The van der Waals surface area contributed by atoms with Crippen LogP contribution in [0, 0.1) is 5.82 Å². The zero-order valence-corrected chi connectivity index (χ0v) is 11.4. The average Bonchev–Trinajstić information content (AvgIpc) is 2.77. The van der Waals surface area contributed by atoms with Crippen molar-refractivity contribution < 1.29 is 23.8 Å². The summed E-state index contributed by atoms with van der Waals surface area (Å²) in [5.41, 5.74) is -1.38. The molecule has 2 N–H and O–H groups in total. The quantitative estimate of drug-likeness (QED) is 0.881. The van der Waals surface area contributed by atoms with Gasteiger partial charge in [0.2, 0.25) is 0 Å². The predicted molar refractivity (Wildman–Crippen MR) is 67.4 cm³/mol. The Morgan fingerprint density at radius 3 is 2.68 bits per heavy atom. The van der Waals surface area contributed by atoms with Gasteiger partial charge in [0.1, 0.15) is 5.82 Å². The summed E-state index contributed by atoms with van der Waals surface area (Å²) < 4.78 is 18.6. The van der Waals surface area contributed by atoms with Crippen LogP contribution in [0.15, 0.2) is 22.7 Å². The van der Waals surface area contributed by atoms with Gasteiger partial charge in [-0.15, -0.1) is 0 Å². The van der Waals surface area contributed by atoms with Crippen molar-refractivity contribution in [2.45, 2.75) is 12.0 Å². The molecule has 5 nitrogen and oxygen atoms in total. The number of amides is 1. The minimum absolute atomic E-state index is 0.0550. The lowest BCUT2D eigenvalue weighted by Crippen LogP contribution is -2.55.